The number of nitro groups is 1. The van der Waals surface area contributed by atoms with Crippen LogP contribution in [-0.4, -0.2) is 37.3 Å². The Labute approximate surface area is 116 Å². The van der Waals surface area contributed by atoms with Gasteiger partial charge in [-0.25, -0.2) is 4.79 Å². The zero-order valence-corrected chi connectivity index (χ0v) is 11.6. The quantitative estimate of drug-likeness (QED) is 0.330. The molecule has 0 heterocycles. The summed E-state index contributed by atoms with van der Waals surface area (Å²) < 4.78 is 15.2. The van der Waals surface area contributed by atoms with Gasteiger partial charge in [0.25, 0.3) is 5.69 Å². The second kappa shape index (κ2) is 7.44. The van der Waals surface area contributed by atoms with E-state index in [2.05, 4.69) is 0 Å². The summed E-state index contributed by atoms with van der Waals surface area (Å²) in [5.74, 6) is -0.455. The number of non-ortho nitro benzene ring substituents is 1. The molecule has 0 aliphatic heterocycles. The molecule has 0 fully saturated rings. The lowest BCUT2D eigenvalue weighted by Gasteiger charge is -2.10. The van der Waals surface area contributed by atoms with Gasteiger partial charge in [0.15, 0.2) is 0 Å². The molecule has 0 unspecified atom stereocenters. The number of hydrogen-bond donors (Lipinski definition) is 0. The molecular formula is C13H17NO6. The van der Waals surface area contributed by atoms with Crippen LogP contribution in [0.3, 0.4) is 0 Å². The van der Waals surface area contributed by atoms with Gasteiger partial charge in [-0.15, -0.1) is 0 Å². The van der Waals surface area contributed by atoms with Crippen molar-refractivity contribution in [2.24, 2.45) is 0 Å². The lowest BCUT2D eigenvalue weighted by atomic mass is 10.2. The summed E-state index contributed by atoms with van der Waals surface area (Å²) in [5.41, 5.74) is -0.178. The minimum absolute atomic E-state index is 0.0197. The fraction of sp³-hybridized carbons (Fsp3) is 0.462. The first-order valence-electron chi connectivity index (χ1n) is 6.07. The van der Waals surface area contributed by atoms with Crippen molar-refractivity contribution in [1.29, 1.82) is 0 Å². The Bertz CT molecular complexity index is 486. The van der Waals surface area contributed by atoms with Crippen molar-refractivity contribution in [3.05, 3.63) is 33.9 Å². The van der Waals surface area contributed by atoms with Gasteiger partial charge in [0, 0.05) is 12.1 Å². The van der Waals surface area contributed by atoms with E-state index < -0.39 is 10.9 Å². The number of rotatable bonds is 7. The molecule has 0 amide bonds. The number of carbonyl (C=O) groups excluding carboxylic acids is 1. The zero-order valence-electron chi connectivity index (χ0n) is 11.6. The predicted octanol–water partition coefficient (Wildman–Crippen LogP) is 2.19. The fourth-order valence-electron chi connectivity index (χ4n) is 1.46. The van der Waals surface area contributed by atoms with E-state index in [0.29, 0.717) is 0 Å². The molecule has 0 aromatic heterocycles. The normalized spacial score (nSPS) is 10.4. The fourth-order valence-corrected chi connectivity index (χ4v) is 1.46. The molecule has 110 valence electrons. The van der Waals surface area contributed by atoms with E-state index in [1.807, 2.05) is 13.8 Å². The molecule has 7 nitrogen and oxygen atoms in total. The molecule has 0 N–H and O–H groups in total. The van der Waals surface area contributed by atoms with Gasteiger partial charge in [0.1, 0.15) is 17.9 Å². The standard InChI is InChI=1S/C13H17NO6/c1-9(2)19-6-7-20-13(15)11-8-10(14(16)17)4-5-12(11)18-3/h4-5,8-9H,6-7H2,1-3H3. The largest absolute Gasteiger partial charge is 0.496 e. The Morgan fingerprint density at radius 3 is 2.60 bits per heavy atom. The molecular weight excluding hydrogens is 266 g/mol. The monoisotopic (exact) mass is 283 g/mol. The van der Waals surface area contributed by atoms with Gasteiger partial charge in [-0.3, -0.25) is 10.1 Å². The highest BCUT2D eigenvalue weighted by Crippen LogP contribution is 2.24. The van der Waals surface area contributed by atoms with Crippen LogP contribution in [0.15, 0.2) is 18.2 Å². The van der Waals surface area contributed by atoms with Gasteiger partial charge in [-0.2, -0.15) is 0 Å². The van der Waals surface area contributed by atoms with E-state index in [0.717, 1.165) is 6.07 Å². The van der Waals surface area contributed by atoms with Crippen LogP contribution >= 0.6 is 0 Å². The van der Waals surface area contributed by atoms with E-state index in [4.69, 9.17) is 14.2 Å². The van der Waals surface area contributed by atoms with Crippen molar-refractivity contribution in [1.82, 2.24) is 0 Å². The van der Waals surface area contributed by atoms with Gasteiger partial charge in [-0.05, 0) is 19.9 Å². The van der Waals surface area contributed by atoms with E-state index in [9.17, 15) is 14.9 Å². The van der Waals surface area contributed by atoms with Crippen molar-refractivity contribution >= 4 is 11.7 Å². The summed E-state index contributed by atoms with van der Waals surface area (Å²) in [7, 11) is 1.37. The molecule has 1 rings (SSSR count). The van der Waals surface area contributed by atoms with Crippen LogP contribution in [0, 0.1) is 10.1 Å². The van der Waals surface area contributed by atoms with Crippen molar-refractivity contribution in [3.8, 4) is 5.75 Å². The van der Waals surface area contributed by atoms with E-state index in [1.165, 1.54) is 19.2 Å². The molecule has 0 atom stereocenters. The second-order valence-corrected chi connectivity index (χ2v) is 4.20. The molecule has 0 saturated heterocycles. The topological polar surface area (TPSA) is 87.9 Å². The molecule has 0 saturated carbocycles. The summed E-state index contributed by atoms with van der Waals surface area (Å²) in [4.78, 5) is 22.0. The van der Waals surface area contributed by atoms with Crippen molar-refractivity contribution < 1.29 is 23.9 Å². The van der Waals surface area contributed by atoms with Crippen molar-refractivity contribution in [2.75, 3.05) is 20.3 Å². The first-order chi connectivity index (χ1) is 9.45. The summed E-state index contributed by atoms with van der Waals surface area (Å²) >= 11 is 0. The number of esters is 1. The maximum absolute atomic E-state index is 11.9. The third kappa shape index (κ3) is 4.51. The molecule has 0 bridgehead atoms. The smallest absolute Gasteiger partial charge is 0.342 e. The maximum Gasteiger partial charge on any atom is 0.342 e. The Balaban J connectivity index is 2.74. The average Bonchev–Trinajstić information content (AvgIpc) is 2.42. The Hall–Kier alpha value is -2.15. The zero-order chi connectivity index (χ0) is 15.1. The van der Waals surface area contributed by atoms with E-state index in [1.54, 1.807) is 0 Å². The van der Waals surface area contributed by atoms with Crippen LogP contribution < -0.4 is 4.74 Å². The maximum atomic E-state index is 11.9. The molecule has 1 aromatic rings. The lowest BCUT2D eigenvalue weighted by Crippen LogP contribution is -2.14. The number of nitrogens with zero attached hydrogens (tertiary/aromatic N) is 1. The molecule has 7 heteroatoms. The molecule has 0 radical (unpaired) electrons. The summed E-state index contributed by atoms with van der Waals surface area (Å²) in [6.45, 7) is 4.07. The van der Waals surface area contributed by atoms with Crippen LogP contribution in [0.1, 0.15) is 24.2 Å². The summed E-state index contributed by atoms with van der Waals surface area (Å²) in [5, 5.41) is 10.7. The van der Waals surface area contributed by atoms with Gasteiger partial charge < -0.3 is 14.2 Å². The SMILES string of the molecule is COc1ccc([N+](=O)[O-])cc1C(=O)OCCOC(C)C. The third-order valence-corrected chi connectivity index (χ3v) is 2.38. The van der Waals surface area contributed by atoms with Gasteiger partial charge >= 0.3 is 5.97 Å². The number of methoxy groups -OCH3 is 1. The highest BCUT2D eigenvalue weighted by Gasteiger charge is 2.18. The molecule has 0 spiro atoms. The number of hydrogen-bond acceptors (Lipinski definition) is 6. The second-order valence-electron chi connectivity index (χ2n) is 4.20. The van der Waals surface area contributed by atoms with Gasteiger partial charge in [0.05, 0.1) is 24.7 Å². The predicted molar refractivity (Wildman–Crippen MR) is 71.0 cm³/mol. The summed E-state index contributed by atoms with van der Waals surface area (Å²) in [6.07, 6.45) is 0.0426. The third-order valence-electron chi connectivity index (χ3n) is 2.38. The Kier molecular flexibility index (Phi) is 5.92. The lowest BCUT2D eigenvalue weighted by molar-refractivity contribution is -0.384. The van der Waals surface area contributed by atoms with Gasteiger partial charge in [0.2, 0.25) is 0 Å². The first-order valence-corrected chi connectivity index (χ1v) is 6.07. The highest BCUT2D eigenvalue weighted by atomic mass is 16.6. The molecule has 0 aliphatic rings. The van der Waals surface area contributed by atoms with Crippen LogP contribution in [0.2, 0.25) is 0 Å². The first kappa shape index (κ1) is 15.9. The summed E-state index contributed by atoms with van der Waals surface area (Å²) in [6, 6.07) is 3.75. The average molecular weight is 283 g/mol. The number of carbonyl (C=O) groups is 1. The van der Waals surface area contributed by atoms with E-state index in [-0.39, 0.29) is 36.3 Å². The molecule has 20 heavy (non-hydrogen) atoms. The van der Waals surface area contributed by atoms with Crippen LogP contribution in [0.5, 0.6) is 5.75 Å². The molecule has 1 aromatic carbocycles. The highest BCUT2D eigenvalue weighted by molar-refractivity contribution is 5.93. The van der Waals surface area contributed by atoms with Crippen LogP contribution in [0.25, 0.3) is 0 Å². The Morgan fingerprint density at radius 2 is 2.05 bits per heavy atom. The van der Waals surface area contributed by atoms with Crippen molar-refractivity contribution in [3.63, 3.8) is 0 Å². The Morgan fingerprint density at radius 1 is 1.35 bits per heavy atom. The minimum atomic E-state index is -0.682. The number of nitro benzene ring substituents is 1. The van der Waals surface area contributed by atoms with Crippen LogP contribution in [-0.2, 0) is 9.47 Å². The van der Waals surface area contributed by atoms with Crippen molar-refractivity contribution in [2.45, 2.75) is 20.0 Å². The van der Waals surface area contributed by atoms with E-state index >= 15 is 0 Å². The number of benzene rings is 1. The number of ether oxygens (including phenoxy) is 3. The van der Waals surface area contributed by atoms with Gasteiger partial charge in [-0.1, -0.05) is 0 Å². The minimum Gasteiger partial charge on any atom is -0.496 e. The van der Waals surface area contributed by atoms with Crippen LogP contribution in [0.4, 0.5) is 5.69 Å². The molecule has 0 aliphatic carbocycles.